The highest BCUT2D eigenvalue weighted by atomic mass is 35.5. The average Bonchev–Trinajstić information content (AvgIpc) is 3.26. The van der Waals surface area contributed by atoms with E-state index in [0.29, 0.717) is 16.7 Å². The summed E-state index contributed by atoms with van der Waals surface area (Å²) in [5, 5.41) is 7.82. The van der Waals surface area contributed by atoms with Gasteiger partial charge in [-0.1, -0.05) is 48.9 Å². The van der Waals surface area contributed by atoms with Crippen molar-refractivity contribution >= 4 is 51.8 Å². The monoisotopic (exact) mass is 573 g/mol. The van der Waals surface area contributed by atoms with Gasteiger partial charge in [-0.25, -0.2) is 0 Å². The molecule has 6 nitrogen and oxygen atoms in total. The molecule has 1 amide bonds. The molecule has 1 aromatic heterocycles. The van der Waals surface area contributed by atoms with Gasteiger partial charge in [0.05, 0.1) is 23.3 Å². The van der Waals surface area contributed by atoms with E-state index < -0.39 is 0 Å². The molecule has 3 heterocycles. The van der Waals surface area contributed by atoms with E-state index in [2.05, 4.69) is 78.4 Å². The van der Waals surface area contributed by atoms with Crippen LogP contribution in [0.15, 0.2) is 66.9 Å². The van der Waals surface area contributed by atoms with Crippen LogP contribution in [0.5, 0.6) is 0 Å². The molecular weight excluding hydrogens is 538 g/mol. The molecule has 0 bridgehead atoms. The molecule has 2 atom stereocenters. The number of hydrogen-bond acceptors (Lipinski definition) is 4. The number of carbonyl (C=O) groups excluding carboxylic acids is 1. The number of carbonyl (C=O) groups is 1. The standard InChI is InChI=1S/C32H36ClN5OS/c1-6-21-11-7-8-12-25(21)35-28(39)14-16-38-30(29(36-31(38)40)26-13-9-10-15-34-26)23-17-22-20(2)19-32(3,4)37(5)27(22)18-24(23)33/h7-13,15,17-19,29-30H,6,14,16H2,1-5H3,(H,35,39)(H,36,40)/t29-,30-/m1/s1. The summed E-state index contributed by atoms with van der Waals surface area (Å²) in [6.45, 7) is 9.07. The smallest absolute Gasteiger partial charge is 0.226 e. The number of thiocarbonyl (C=S) groups is 1. The first-order valence-electron chi connectivity index (χ1n) is 13.7. The second-order valence-corrected chi connectivity index (χ2v) is 11.9. The van der Waals surface area contributed by atoms with Crippen LogP contribution in [-0.4, -0.2) is 40.0 Å². The molecule has 2 aliphatic heterocycles. The van der Waals surface area contributed by atoms with Crippen molar-refractivity contribution in [2.45, 2.75) is 58.2 Å². The van der Waals surface area contributed by atoms with Crippen molar-refractivity contribution in [2.75, 3.05) is 23.8 Å². The lowest BCUT2D eigenvalue weighted by molar-refractivity contribution is -0.116. The van der Waals surface area contributed by atoms with E-state index in [4.69, 9.17) is 23.8 Å². The zero-order valence-electron chi connectivity index (χ0n) is 23.7. The van der Waals surface area contributed by atoms with Gasteiger partial charge in [0.2, 0.25) is 5.91 Å². The Morgan fingerprint density at radius 3 is 2.65 bits per heavy atom. The lowest BCUT2D eigenvalue weighted by Gasteiger charge is -2.41. The predicted molar refractivity (Wildman–Crippen MR) is 169 cm³/mol. The molecule has 2 N–H and O–H groups in total. The lowest BCUT2D eigenvalue weighted by Crippen LogP contribution is -2.42. The number of allylic oxidation sites excluding steroid dienone is 1. The second kappa shape index (κ2) is 11.2. The van der Waals surface area contributed by atoms with Crippen molar-refractivity contribution in [3.8, 4) is 0 Å². The van der Waals surface area contributed by atoms with E-state index in [0.717, 1.165) is 40.2 Å². The molecule has 0 aliphatic carbocycles. The Bertz CT molecular complexity index is 1470. The number of rotatable bonds is 7. The summed E-state index contributed by atoms with van der Waals surface area (Å²) in [5.74, 6) is -0.0529. The number of hydrogen-bond donors (Lipinski definition) is 2. The number of aromatic nitrogens is 1. The number of halogens is 1. The first-order chi connectivity index (χ1) is 19.1. The van der Waals surface area contributed by atoms with Crippen LogP contribution >= 0.6 is 23.8 Å². The third-order valence-corrected chi connectivity index (χ3v) is 8.78. The van der Waals surface area contributed by atoms with E-state index in [1.165, 1.54) is 5.57 Å². The normalized spacial score (nSPS) is 19.6. The van der Waals surface area contributed by atoms with Crippen LogP contribution in [0, 0.1) is 0 Å². The summed E-state index contributed by atoms with van der Waals surface area (Å²) in [6, 6.07) is 17.6. The second-order valence-electron chi connectivity index (χ2n) is 11.1. The maximum Gasteiger partial charge on any atom is 0.226 e. The van der Waals surface area contributed by atoms with Gasteiger partial charge in [-0.15, -0.1) is 0 Å². The van der Waals surface area contributed by atoms with Crippen molar-refractivity contribution in [3.63, 3.8) is 0 Å². The van der Waals surface area contributed by atoms with Gasteiger partial charge >= 0.3 is 0 Å². The summed E-state index contributed by atoms with van der Waals surface area (Å²) in [5.41, 5.74) is 7.13. The minimum Gasteiger partial charge on any atom is -0.365 e. The lowest BCUT2D eigenvalue weighted by atomic mass is 9.86. The zero-order chi connectivity index (χ0) is 28.6. The average molecular weight is 574 g/mol. The number of likely N-dealkylation sites (N-methyl/N-ethyl adjacent to an activating group) is 1. The molecule has 208 valence electrons. The molecule has 2 aromatic carbocycles. The quantitative estimate of drug-likeness (QED) is 0.299. The van der Waals surface area contributed by atoms with E-state index >= 15 is 0 Å². The SMILES string of the molecule is CCc1ccccc1NC(=O)CCN1C(=S)N[C@H](c2ccccn2)[C@H]1c1cc2c(cc1Cl)N(C)C(C)(C)C=C2C. The molecule has 0 unspecified atom stereocenters. The number of aryl methyl sites for hydroxylation is 1. The molecule has 5 rings (SSSR count). The van der Waals surface area contributed by atoms with Crippen LogP contribution < -0.4 is 15.5 Å². The van der Waals surface area contributed by atoms with Gasteiger partial charge in [0.1, 0.15) is 0 Å². The largest absolute Gasteiger partial charge is 0.365 e. The molecular formula is C32H36ClN5OS. The molecule has 0 spiro atoms. The molecule has 0 radical (unpaired) electrons. The maximum atomic E-state index is 13.1. The summed E-state index contributed by atoms with van der Waals surface area (Å²) >= 11 is 12.9. The Morgan fingerprint density at radius 1 is 1.18 bits per heavy atom. The van der Waals surface area contributed by atoms with Crippen LogP contribution in [0.3, 0.4) is 0 Å². The number of fused-ring (bicyclic) bond motifs is 1. The third-order valence-electron chi connectivity index (χ3n) is 8.10. The van der Waals surface area contributed by atoms with Gasteiger partial charge in [0.15, 0.2) is 5.11 Å². The Hall–Kier alpha value is -3.42. The highest BCUT2D eigenvalue weighted by Crippen LogP contribution is 2.46. The molecule has 1 saturated heterocycles. The third kappa shape index (κ3) is 5.32. The van der Waals surface area contributed by atoms with Crippen molar-refractivity contribution in [2.24, 2.45) is 0 Å². The fourth-order valence-corrected chi connectivity index (χ4v) is 6.39. The van der Waals surface area contributed by atoms with Crippen LogP contribution in [-0.2, 0) is 11.2 Å². The number of pyridine rings is 1. The molecule has 0 saturated carbocycles. The predicted octanol–water partition coefficient (Wildman–Crippen LogP) is 6.93. The highest BCUT2D eigenvalue weighted by molar-refractivity contribution is 7.80. The minimum atomic E-state index is -0.232. The Kier molecular flexibility index (Phi) is 7.89. The van der Waals surface area contributed by atoms with Gasteiger partial charge < -0.3 is 20.4 Å². The molecule has 2 aliphatic rings. The topological polar surface area (TPSA) is 60.5 Å². The summed E-state index contributed by atoms with van der Waals surface area (Å²) in [4.78, 5) is 22.1. The van der Waals surface area contributed by atoms with Gasteiger partial charge in [-0.05, 0) is 86.4 Å². The van der Waals surface area contributed by atoms with Gasteiger partial charge in [-0.3, -0.25) is 9.78 Å². The van der Waals surface area contributed by atoms with Crippen LogP contribution in [0.1, 0.15) is 68.6 Å². The molecule has 40 heavy (non-hydrogen) atoms. The van der Waals surface area contributed by atoms with Crippen molar-refractivity contribution < 1.29 is 4.79 Å². The zero-order valence-corrected chi connectivity index (χ0v) is 25.2. The highest BCUT2D eigenvalue weighted by Gasteiger charge is 2.41. The van der Waals surface area contributed by atoms with E-state index in [9.17, 15) is 4.79 Å². The molecule has 8 heteroatoms. The number of nitrogens with zero attached hydrogens (tertiary/aromatic N) is 3. The van der Waals surface area contributed by atoms with Gasteiger partial charge in [0.25, 0.3) is 0 Å². The molecule has 3 aromatic rings. The Labute approximate surface area is 247 Å². The van der Waals surface area contributed by atoms with Crippen molar-refractivity contribution in [1.82, 2.24) is 15.2 Å². The summed E-state index contributed by atoms with van der Waals surface area (Å²) in [7, 11) is 2.10. The number of para-hydroxylation sites is 1. The first kappa shape index (κ1) is 28.1. The molecule has 1 fully saturated rings. The van der Waals surface area contributed by atoms with Gasteiger partial charge in [-0.2, -0.15) is 0 Å². The number of nitrogens with one attached hydrogen (secondary N) is 2. The fraction of sp³-hybridized carbons (Fsp3) is 0.344. The first-order valence-corrected chi connectivity index (χ1v) is 14.5. The number of benzene rings is 2. The number of anilines is 2. The summed E-state index contributed by atoms with van der Waals surface area (Å²) < 4.78 is 0. The van der Waals surface area contributed by atoms with Crippen LogP contribution in [0.2, 0.25) is 5.02 Å². The number of amides is 1. The van der Waals surface area contributed by atoms with E-state index in [-0.39, 0.29) is 30.0 Å². The maximum absolute atomic E-state index is 13.1. The van der Waals surface area contributed by atoms with Crippen molar-refractivity contribution in [1.29, 1.82) is 0 Å². The van der Waals surface area contributed by atoms with Gasteiger partial charge in [0, 0.05) is 48.2 Å². The minimum absolute atomic E-state index is 0.0529. The van der Waals surface area contributed by atoms with E-state index in [1.54, 1.807) is 6.20 Å². The fourth-order valence-electron chi connectivity index (χ4n) is 5.78. The Balaban J connectivity index is 1.49. The van der Waals surface area contributed by atoms with Crippen molar-refractivity contribution in [3.05, 3.63) is 94.3 Å². The van der Waals surface area contributed by atoms with Crippen LogP contribution in [0.4, 0.5) is 11.4 Å². The van der Waals surface area contributed by atoms with E-state index in [1.807, 2.05) is 42.5 Å². The van der Waals surface area contributed by atoms with Crippen LogP contribution in [0.25, 0.3) is 5.57 Å². The summed E-state index contributed by atoms with van der Waals surface area (Å²) in [6.07, 6.45) is 5.21. The Morgan fingerprint density at radius 2 is 1.93 bits per heavy atom.